The second-order valence-electron chi connectivity index (χ2n) is 4.02. The lowest BCUT2D eigenvalue weighted by atomic mass is 10.1. The summed E-state index contributed by atoms with van der Waals surface area (Å²) in [5.41, 5.74) is 2.24. The van der Waals surface area contributed by atoms with Crippen molar-refractivity contribution in [3.8, 4) is 0 Å². The van der Waals surface area contributed by atoms with Gasteiger partial charge in [-0.1, -0.05) is 5.79 Å². The largest absolute Gasteiger partial charge is 0.465 e. The lowest BCUT2D eigenvalue weighted by molar-refractivity contribution is -0.0252. The average Bonchev–Trinajstić information content (AvgIpc) is 2.76. The molecule has 0 aromatic carbocycles. The Morgan fingerprint density at radius 3 is 3.19 bits per heavy atom. The normalized spacial score (nSPS) is 22.6. The number of nitrogens with zero attached hydrogens (tertiary/aromatic N) is 4. The van der Waals surface area contributed by atoms with Crippen LogP contribution in [0.5, 0.6) is 0 Å². The molecule has 3 rings (SSSR count). The van der Waals surface area contributed by atoms with E-state index in [1.165, 1.54) is 5.06 Å². The summed E-state index contributed by atoms with van der Waals surface area (Å²) in [5, 5.41) is 5.76. The van der Waals surface area contributed by atoms with Gasteiger partial charge in [0.25, 0.3) is 0 Å². The van der Waals surface area contributed by atoms with Crippen LogP contribution in [0.3, 0.4) is 0 Å². The zero-order chi connectivity index (χ0) is 11.3. The monoisotopic (exact) mass is 235 g/mol. The lowest BCUT2D eigenvalue weighted by Gasteiger charge is -2.23. The van der Waals surface area contributed by atoms with Crippen molar-refractivity contribution in [2.75, 3.05) is 6.54 Å². The van der Waals surface area contributed by atoms with Crippen molar-refractivity contribution in [1.29, 1.82) is 0 Å². The number of urea groups is 1. The number of aryl methyl sites for hydroxylation is 1. The van der Waals surface area contributed by atoms with Crippen molar-refractivity contribution in [3.63, 3.8) is 0 Å². The highest BCUT2D eigenvalue weighted by Crippen LogP contribution is 2.37. The van der Waals surface area contributed by atoms with Gasteiger partial charge in [0, 0.05) is 12.6 Å². The van der Waals surface area contributed by atoms with Crippen LogP contribution in [-0.2, 0) is 17.5 Å². The number of hydrogen-bond donors (Lipinski definition) is 0. The third kappa shape index (κ3) is 1.22. The van der Waals surface area contributed by atoms with Crippen molar-refractivity contribution in [2.24, 2.45) is 7.05 Å². The molecule has 1 aromatic heterocycles. The second kappa shape index (κ2) is 3.49. The van der Waals surface area contributed by atoms with Gasteiger partial charge in [0.15, 0.2) is 0 Å². The van der Waals surface area contributed by atoms with Crippen molar-refractivity contribution >= 4 is 21.6 Å². The van der Waals surface area contributed by atoms with E-state index in [2.05, 4.69) is 5.10 Å². The van der Waals surface area contributed by atoms with Crippen LogP contribution in [0.25, 0.3) is 0 Å². The number of carbonyl (C=O) groups excluding carboxylic acids is 1. The van der Waals surface area contributed by atoms with Crippen LogP contribution in [0.15, 0.2) is 6.20 Å². The molecule has 0 aliphatic carbocycles. The summed E-state index contributed by atoms with van der Waals surface area (Å²) < 4.78 is 7.32. The number of hydrogen-bond acceptors (Lipinski definition) is 3. The minimum absolute atomic E-state index is 0.0180. The van der Waals surface area contributed by atoms with E-state index in [0.717, 1.165) is 17.8 Å². The van der Waals surface area contributed by atoms with Gasteiger partial charge in [-0.05, 0) is 0 Å². The van der Waals surface area contributed by atoms with Crippen LogP contribution < -0.4 is 0 Å². The Morgan fingerprint density at radius 1 is 1.62 bits per heavy atom. The minimum atomic E-state index is -0.173. The van der Waals surface area contributed by atoms with Gasteiger partial charge in [-0.15, -0.1) is 0 Å². The van der Waals surface area contributed by atoms with E-state index in [-0.39, 0.29) is 27.6 Å². The second-order valence-corrected chi connectivity index (χ2v) is 4.70. The number of hydroxylamine groups is 2. The molecule has 16 heavy (non-hydrogen) atoms. The summed E-state index contributed by atoms with van der Waals surface area (Å²) in [7, 11) is 1.91. The number of carbonyl (C=O) groups is 1. The summed E-state index contributed by atoms with van der Waals surface area (Å²) in [4.78, 5) is 13.8. The van der Waals surface area contributed by atoms with Crippen molar-refractivity contribution in [3.05, 3.63) is 17.5 Å². The van der Waals surface area contributed by atoms with E-state index < -0.39 is 0 Å². The molecule has 1 atom stereocenters. The summed E-state index contributed by atoms with van der Waals surface area (Å²) in [6, 6.07) is 0.00736. The van der Waals surface area contributed by atoms with Crippen LogP contribution in [-0.4, -0.2) is 47.9 Å². The summed E-state index contributed by atoms with van der Waals surface area (Å²) in [5.74, 6) is 1.97. The van der Waals surface area contributed by atoms with Gasteiger partial charge < -0.3 is 8.79 Å². The summed E-state index contributed by atoms with van der Waals surface area (Å²) in [6.07, 6.45) is 1.84. The topological polar surface area (TPSA) is 50.6 Å². The highest BCUT2D eigenvalue weighted by Gasteiger charge is 2.44. The predicted octanol–water partition coefficient (Wildman–Crippen LogP) is 0.311. The zero-order valence-corrected chi connectivity index (χ0v) is 10.4. The molecule has 0 spiro atoms. The molecule has 1 unspecified atom stereocenters. The molecule has 1 saturated heterocycles. The number of amides is 2. The molecule has 2 bridgehead atoms. The molecular formula is C9H12AlN4O2. The highest BCUT2D eigenvalue weighted by molar-refractivity contribution is 6.24. The van der Waals surface area contributed by atoms with E-state index >= 15 is 0 Å². The van der Waals surface area contributed by atoms with Crippen molar-refractivity contribution < 1.29 is 8.68 Å². The number of fused-ring (bicyclic) bond motifs is 4. The Bertz CT molecular complexity index is 447. The van der Waals surface area contributed by atoms with E-state index in [0.29, 0.717) is 6.54 Å². The molecule has 6 nitrogen and oxygen atoms in total. The Balaban J connectivity index is 2.02. The van der Waals surface area contributed by atoms with Gasteiger partial charge in [0.2, 0.25) is 0 Å². The summed E-state index contributed by atoms with van der Waals surface area (Å²) in [6.45, 7) is 1.36. The van der Waals surface area contributed by atoms with E-state index in [9.17, 15) is 4.79 Å². The van der Waals surface area contributed by atoms with E-state index in [1.807, 2.05) is 28.6 Å². The van der Waals surface area contributed by atoms with Crippen LogP contribution in [0, 0.1) is 0 Å². The molecule has 7 heteroatoms. The van der Waals surface area contributed by atoms with E-state index in [1.54, 1.807) is 0 Å². The third-order valence-electron chi connectivity index (χ3n) is 3.15. The maximum Gasteiger partial charge on any atom is 0.465 e. The molecule has 2 aliphatic heterocycles. The van der Waals surface area contributed by atoms with Crippen LogP contribution in [0.4, 0.5) is 4.79 Å². The number of aromatic nitrogens is 2. The molecule has 2 aliphatic rings. The molecule has 0 N–H and O–H groups in total. The molecule has 1 aromatic rings. The molecule has 0 saturated carbocycles. The fourth-order valence-corrected chi connectivity index (χ4v) is 2.82. The van der Waals surface area contributed by atoms with E-state index in [4.69, 9.17) is 3.89 Å². The first-order valence-corrected chi connectivity index (χ1v) is 6.88. The van der Waals surface area contributed by atoms with Gasteiger partial charge in [-0.2, -0.15) is 5.10 Å². The van der Waals surface area contributed by atoms with Crippen LogP contribution in [0.2, 0.25) is 5.79 Å². The maximum atomic E-state index is 12.0. The average molecular weight is 235 g/mol. The minimum Gasteiger partial charge on any atom is -0.411 e. The SMILES string of the molecule is [CH3][Al][O]N1C(=O)N2Cc3c(cnn3C)C1C2. The fraction of sp³-hybridized carbons (Fsp3) is 0.556. The molecular weight excluding hydrogens is 223 g/mol. The Labute approximate surface area is 99.8 Å². The van der Waals surface area contributed by atoms with Crippen LogP contribution >= 0.6 is 0 Å². The number of rotatable bonds is 2. The molecule has 1 radical (unpaired) electrons. The Morgan fingerprint density at radius 2 is 2.44 bits per heavy atom. The fourth-order valence-electron chi connectivity index (χ4n) is 2.36. The lowest BCUT2D eigenvalue weighted by Crippen LogP contribution is -2.31. The first-order chi connectivity index (χ1) is 7.72. The predicted molar refractivity (Wildman–Crippen MR) is 56.3 cm³/mol. The summed E-state index contributed by atoms with van der Waals surface area (Å²) >= 11 is -0.173. The van der Waals surface area contributed by atoms with Gasteiger partial charge in [-0.3, -0.25) is 4.68 Å². The zero-order valence-electron chi connectivity index (χ0n) is 9.25. The highest BCUT2D eigenvalue weighted by atomic mass is 27.1. The molecule has 83 valence electrons. The quantitative estimate of drug-likeness (QED) is 0.693. The first kappa shape index (κ1) is 10.1. The molecule has 2 amide bonds. The van der Waals surface area contributed by atoms with Gasteiger partial charge >= 0.3 is 21.6 Å². The van der Waals surface area contributed by atoms with Crippen molar-refractivity contribution in [2.45, 2.75) is 18.4 Å². The standard InChI is InChI=1S/C8H9N4O2.CH3.Al/c1-10-6-3-11-4-7(5(6)2-9-10)12(14)8(11)13;;/h2,7H,3-4H2,1H3;1H3;/q-1;;+1. The maximum absolute atomic E-state index is 12.0. The van der Waals surface area contributed by atoms with Gasteiger partial charge in [-0.25, -0.2) is 9.86 Å². The van der Waals surface area contributed by atoms with Crippen LogP contribution in [0.1, 0.15) is 17.3 Å². The molecule has 3 heterocycles. The first-order valence-electron chi connectivity index (χ1n) is 5.26. The third-order valence-corrected chi connectivity index (χ3v) is 3.59. The van der Waals surface area contributed by atoms with Crippen molar-refractivity contribution in [1.82, 2.24) is 19.7 Å². The molecule has 1 fully saturated rings. The van der Waals surface area contributed by atoms with Gasteiger partial charge in [0.1, 0.15) is 6.04 Å². The smallest absolute Gasteiger partial charge is 0.411 e. The Kier molecular flexibility index (Phi) is 2.21. The Hall–Kier alpha value is -1.03. The van der Waals surface area contributed by atoms with Gasteiger partial charge in [0.05, 0.1) is 25.0 Å².